The van der Waals surface area contributed by atoms with E-state index in [4.69, 9.17) is 4.74 Å². The minimum Gasteiger partial charge on any atom is -0.373 e. The molecular formula is C23H37N5O. The van der Waals surface area contributed by atoms with Crippen molar-refractivity contribution in [3.8, 4) is 0 Å². The third-order valence-electron chi connectivity index (χ3n) is 6.49. The Morgan fingerprint density at radius 1 is 1.24 bits per heavy atom. The average molecular weight is 400 g/mol. The molecule has 6 heteroatoms. The summed E-state index contributed by atoms with van der Waals surface area (Å²) in [6, 6.07) is 12.6. The number of hydrogen-bond donors (Lipinski definition) is 1. The zero-order chi connectivity index (χ0) is 20.2. The van der Waals surface area contributed by atoms with E-state index in [9.17, 15) is 0 Å². The van der Waals surface area contributed by atoms with Crippen LogP contribution in [0.5, 0.6) is 0 Å². The van der Waals surface area contributed by atoms with Gasteiger partial charge in [0, 0.05) is 58.4 Å². The van der Waals surface area contributed by atoms with Crippen LogP contribution in [0.1, 0.15) is 32.3 Å². The van der Waals surface area contributed by atoms with Crippen LogP contribution < -0.4 is 5.32 Å². The van der Waals surface area contributed by atoms with Gasteiger partial charge < -0.3 is 15.0 Å². The third-order valence-corrected chi connectivity index (χ3v) is 6.49. The van der Waals surface area contributed by atoms with Gasteiger partial charge in [-0.3, -0.25) is 14.8 Å². The minimum atomic E-state index is 0.268. The summed E-state index contributed by atoms with van der Waals surface area (Å²) in [6.45, 7) is 11.4. The molecule has 6 nitrogen and oxygen atoms in total. The summed E-state index contributed by atoms with van der Waals surface area (Å²) in [5, 5.41) is 3.61. The number of guanidine groups is 1. The molecule has 0 radical (unpaired) electrons. The van der Waals surface area contributed by atoms with Gasteiger partial charge in [-0.15, -0.1) is 0 Å². The number of hydrogen-bond acceptors (Lipinski definition) is 4. The predicted octanol–water partition coefficient (Wildman–Crippen LogP) is 2.02. The third kappa shape index (κ3) is 5.11. The maximum absolute atomic E-state index is 6.13. The fraction of sp³-hybridized carbons (Fsp3) is 0.696. The van der Waals surface area contributed by atoms with Gasteiger partial charge in [-0.1, -0.05) is 30.3 Å². The SMILES string of the molecule is CN=C(NCCN(C(C)C)C1CC1)N1CC2OCCN(Cc3ccccc3)C2C1. The first-order valence-electron chi connectivity index (χ1n) is 11.3. The van der Waals surface area contributed by atoms with Crippen molar-refractivity contribution in [1.29, 1.82) is 0 Å². The second-order valence-electron chi connectivity index (χ2n) is 8.87. The molecule has 0 amide bonds. The number of likely N-dealkylation sites (tertiary alicyclic amines) is 1. The molecule has 2 unspecified atom stereocenters. The fourth-order valence-corrected chi connectivity index (χ4v) is 4.84. The Morgan fingerprint density at radius 3 is 2.72 bits per heavy atom. The first-order valence-corrected chi connectivity index (χ1v) is 11.3. The summed E-state index contributed by atoms with van der Waals surface area (Å²) in [4.78, 5) is 12.2. The molecule has 0 bridgehead atoms. The van der Waals surface area contributed by atoms with Crippen LogP contribution in [-0.2, 0) is 11.3 Å². The van der Waals surface area contributed by atoms with Crippen LogP contribution >= 0.6 is 0 Å². The first kappa shape index (κ1) is 20.6. The van der Waals surface area contributed by atoms with E-state index >= 15 is 0 Å². The topological polar surface area (TPSA) is 43.3 Å². The Balaban J connectivity index is 1.31. The van der Waals surface area contributed by atoms with Gasteiger partial charge in [0.2, 0.25) is 0 Å². The van der Waals surface area contributed by atoms with Crippen LogP contribution in [0.2, 0.25) is 0 Å². The van der Waals surface area contributed by atoms with Gasteiger partial charge in [-0.05, 0) is 32.3 Å². The highest BCUT2D eigenvalue weighted by Crippen LogP contribution is 2.28. The lowest BCUT2D eigenvalue weighted by molar-refractivity contribution is -0.0502. The maximum atomic E-state index is 6.13. The predicted molar refractivity (Wildman–Crippen MR) is 118 cm³/mol. The molecule has 0 aromatic heterocycles. The number of nitrogens with one attached hydrogen (secondary N) is 1. The zero-order valence-electron chi connectivity index (χ0n) is 18.3. The van der Waals surface area contributed by atoms with E-state index in [1.165, 1.54) is 18.4 Å². The molecule has 3 aliphatic rings. The highest BCUT2D eigenvalue weighted by atomic mass is 16.5. The van der Waals surface area contributed by atoms with Crippen molar-refractivity contribution < 1.29 is 4.74 Å². The van der Waals surface area contributed by atoms with Crippen LogP contribution in [0.4, 0.5) is 0 Å². The number of aliphatic imine (C=N–C) groups is 1. The molecule has 1 aromatic rings. The van der Waals surface area contributed by atoms with Gasteiger partial charge >= 0.3 is 0 Å². The van der Waals surface area contributed by atoms with Crippen molar-refractivity contribution >= 4 is 5.96 Å². The van der Waals surface area contributed by atoms with Crippen LogP contribution in [0.3, 0.4) is 0 Å². The van der Waals surface area contributed by atoms with Crippen LogP contribution in [0, 0.1) is 0 Å². The molecule has 1 aromatic carbocycles. The van der Waals surface area contributed by atoms with Crippen LogP contribution in [0.25, 0.3) is 0 Å². The summed E-state index contributed by atoms with van der Waals surface area (Å²) in [5.41, 5.74) is 1.38. The fourth-order valence-electron chi connectivity index (χ4n) is 4.84. The second kappa shape index (κ2) is 9.45. The standard InChI is InChI=1S/C23H37N5O/c1-18(2)28(20-9-10-20)12-11-25-23(24-3)27-16-21-22(17-27)29-14-13-26(21)15-19-7-5-4-6-8-19/h4-8,18,20-22H,9-17H2,1-3H3,(H,24,25). The summed E-state index contributed by atoms with van der Waals surface area (Å²) in [6.07, 6.45) is 2.98. The molecular weight excluding hydrogens is 362 g/mol. The molecule has 2 heterocycles. The molecule has 1 aliphatic carbocycles. The van der Waals surface area contributed by atoms with Gasteiger partial charge in [0.15, 0.2) is 5.96 Å². The quantitative estimate of drug-likeness (QED) is 0.561. The number of nitrogens with zero attached hydrogens (tertiary/aromatic N) is 4. The highest BCUT2D eigenvalue weighted by Gasteiger charge is 2.41. The Morgan fingerprint density at radius 2 is 2.03 bits per heavy atom. The molecule has 2 atom stereocenters. The number of benzene rings is 1. The van der Waals surface area contributed by atoms with Crippen LogP contribution in [0.15, 0.2) is 35.3 Å². The maximum Gasteiger partial charge on any atom is 0.193 e. The molecule has 29 heavy (non-hydrogen) atoms. The Hall–Kier alpha value is -1.63. The lowest BCUT2D eigenvalue weighted by Gasteiger charge is -2.36. The van der Waals surface area contributed by atoms with Crippen molar-refractivity contribution in [2.24, 2.45) is 4.99 Å². The lowest BCUT2D eigenvalue weighted by atomic mass is 10.1. The van der Waals surface area contributed by atoms with E-state index < -0.39 is 0 Å². The molecule has 1 N–H and O–H groups in total. The summed E-state index contributed by atoms with van der Waals surface area (Å²) < 4.78 is 6.13. The van der Waals surface area contributed by atoms with Crippen molar-refractivity contribution in [2.45, 2.75) is 57.5 Å². The van der Waals surface area contributed by atoms with E-state index in [1.807, 2.05) is 7.05 Å². The second-order valence-corrected chi connectivity index (χ2v) is 8.87. The molecule has 160 valence electrons. The zero-order valence-corrected chi connectivity index (χ0v) is 18.3. The van der Waals surface area contributed by atoms with E-state index in [2.05, 4.69) is 69.2 Å². The number of fused-ring (bicyclic) bond motifs is 1. The van der Waals surface area contributed by atoms with E-state index in [1.54, 1.807) is 0 Å². The van der Waals surface area contributed by atoms with Gasteiger partial charge in [0.05, 0.1) is 18.8 Å². The van der Waals surface area contributed by atoms with Crippen molar-refractivity contribution in [1.82, 2.24) is 20.0 Å². The van der Waals surface area contributed by atoms with E-state index in [-0.39, 0.29) is 6.10 Å². The Labute approximate surface area is 175 Å². The van der Waals surface area contributed by atoms with Crippen LogP contribution in [-0.4, -0.2) is 91.3 Å². The summed E-state index contributed by atoms with van der Waals surface area (Å²) in [7, 11) is 1.90. The van der Waals surface area contributed by atoms with Gasteiger partial charge in [0.25, 0.3) is 0 Å². The number of ether oxygens (including phenoxy) is 1. The van der Waals surface area contributed by atoms with Crippen molar-refractivity contribution in [3.05, 3.63) is 35.9 Å². The van der Waals surface area contributed by atoms with Gasteiger partial charge in [-0.2, -0.15) is 0 Å². The normalized spacial score (nSPS) is 25.7. The molecule has 1 saturated carbocycles. The minimum absolute atomic E-state index is 0.268. The average Bonchev–Trinajstić information content (AvgIpc) is 3.46. The van der Waals surface area contributed by atoms with E-state index in [0.717, 1.165) is 57.9 Å². The summed E-state index contributed by atoms with van der Waals surface area (Å²) >= 11 is 0. The molecule has 0 spiro atoms. The summed E-state index contributed by atoms with van der Waals surface area (Å²) in [5.74, 6) is 1.02. The largest absolute Gasteiger partial charge is 0.373 e. The van der Waals surface area contributed by atoms with Crippen molar-refractivity contribution in [3.63, 3.8) is 0 Å². The number of rotatable bonds is 7. The van der Waals surface area contributed by atoms with Crippen molar-refractivity contribution in [2.75, 3.05) is 46.4 Å². The molecule has 2 aliphatic heterocycles. The highest BCUT2D eigenvalue weighted by molar-refractivity contribution is 5.80. The van der Waals surface area contributed by atoms with Gasteiger partial charge in [0.1, 0.15) is 0 Å². The molecule has 2 saturated heterocycles. The van der Waals surface area contributed by atoms with Gasteiger partial charge in [-0.25, -0.2) is 0 Å². The monoisotopic (exact) mass is 399 g/mol. The smallest absolute Gasteiger partial charge is 0.193 e. The Kier molecular flexibility index (Phi) is 6.73. The molecule has 3 fully saturated rings. The first-order chi connectivity index (χ1) is 14.2. The molecule has 4 rings (SSSR count). The Bertz CT molecular complexity index is 673. The lowest BCUT2D eigenvalue weighted by Crippen LogP contribution is -2.50. The number of morpholine rings is 1. The van der Waals surface area contributed by atoms with E-state index in [0.29, 0.717) is 12.1 Å².